The highest BCUT2D eigenvalue weighted by Crippen LogP contribution is 2.31. The minimum atomic E-state index is -3.85. The minimum absolute atomic E-state index is 0.170. The molecule has 0 fully saturated rings. The van der Waals surface area contributed by atoms with Crippen LogP contribution in [-0.2, 0) is 19.4 Å². The number of sulfone groups is 1. The van der Waals surface area contributed by atoms with E-state index in [2.05, 4.69) is 10.6 Å². The fraction of sp³-hybridized carbons (Fsp3) is 0.294. The van der Waals surface area contributed by atoms with Gasteiger partial charge in [-0.3, -0.25) is 9.59 Å². The Morgan fingerprint density at radius 2 is 1.88 bits per heavy atom. The summed E-state index contributed by atoms with van der Waals surface area (Å²) in [5, 5.41) is 3.39. The lowest BCUT2D eigenvalue weighted by atomic mass is 10.2. The van der Waals surface area contributed by atoms with E-state index in [9.17, 15) is 18.0 Å². The number of hydrogen-bond acceptors (Lipinski definition) is 5. The standard InChI is InChI=1S/C17H20N2O5S/c1-11-6-7-12(2)14(9-11)25(22,23)15(13-5-4-8-24-13)10-19-17(21)16(20)18-3/h4-9,15H,10H2,1-3H3,(H,18,20)(H,19,21)/t15-/m0/s1. The van der Waals surface area contributed by atoms with Gasteiger partial charge in [-0.1, -0.05) is 12.1 Å². The number of carbonyl (C=O) groups is 2. The van der Waals surface area contributed by atoms with Crippen LogP contribution >= 0.6 is 0 Å². The average molecular weight is 364 g/mol. The molecule has 0 aliphatic heterocycles. The first-order valence-corrected chi connectivity index (χ1v) is 9.16. The molecule has 8 heteroatoms. The first kappa shape index (κ1) is 18.7. The average Bonchev–Trinajstić information content (AvgIpc) is 3.10. The molecule has 0 spiro atoms. The number of aryl methyl sites for hydroxylation is 2. The van der Waals surface area contributed by atoms with Crippen molar-refractivity contribution in [2.24, 2.45) is 0 Å². The molecule has 0 saturated heterocycles. The van der Waals surface area contributed by atoms with E-state index in [4.69, 9.17) is 4.42 Å². The lowest BCUT2D eigenvalue weighted by Crippen LogP contribution is -2.41. The van der Waals surface area contributed by atoms with Crippen molar-refractivity contribution in [1.29, 1.82) is 0 Å². The molecule has 1 heterocycles. The number of benzene rings is 1. The number of hydrogen-bond donors (Lipinski definition) is 2. The fourth-order valence-electron chi connectivity index (χ4n) is 2.38. The van der Waals surface area contributed by atoms with Crippen LogP contribution in [-0.4, -0.2) is 33.8 Å². The Labute approximate surface area is 146 Å². The lowest BCUT2D eigenvalue weighted by Gasteiger charge is -2.18. The summed E-state index contributed by atoms with van der Waals surface area (Å²) < 4.78 is 31.5. The lowest BCUT2D eigenvalue weighted by molar-refractivity contribution is -0.138. The highest BCUT2D eigenvalue weighted by molar-refractivity contribution is 7.91. The Morgan fingerprint density at radius 3 is 2.48 bits per heavy atom. The third-order valence-corrected chi connectivity index (χ3v) is 5.97. The zero-order valence-electron chi connectivity index (χ0n) is 14.2. The summed E-state index contributed by atoms with van der Waals surface area (Å²) in [6.07, 6.45) is 1.36. The van der Waals surface area contributed by atoms with E-state index in [1.54, 1.807) is 32.0 Å². The predicted octanol–water partition coefficient (Wildman–Crippen LogP) is 1.27. The molecular weight excluding hydrogens is 344 g/mol. The molecular formula is C17H20N2O5S. The molecule has 2 amide bonds. The molecule has 0 aliphatic carbocycles. The molecule has 1 atom stereocenters. The van der Waals surface area contributed by atoms with E-state index in [0.717, 1.165) is 5.56 Å². The molecule has 2 aromatic rings. The fourth-order valence-corrected chi connectivity index (χ4v) is 4.30. The minimum Gasteiger partial charge on any atom is -0.468 e. The summed E-state index contributed by atoms with van der Waals surface area (Å²) in [6.45, 7) is 3.22. The van der Waals surface area contributed by atoms with Gasteiger partial charge in [0.2, 0.25) is 0 Å². The topological polar surface area (TPSA) is 105 Å². The maximum Gasteiger partial charge on any atom is 0.309 e. The van der Waals surface area contributed by atoms with Gasteiger partial charge in [0, 0.05) is 13.6 Å². The van der Waals surface area contributed by atoms with Crippen LogP contribution in [0.25, 0.3) is 0 Å². The molecule has 0 aliphatic rings. The van der Waals surface area contributed by atoms with Crippen molar-refractivity contribution in [2.45, 2.75) is 24.0 Å². The van der Waals surface area contributed by atoms with E-state index >= 15 is 0 Å². The van der Waals surface area contributed by atoms with Crippen LogP contribution in [0.5, 0.6) is 0 Å². The first-order valence-electron chi connectivity index (χ1n) is 7.62. The summed E-state index contributed by atoms with van der Waals surface area (Å²) >= 11 is 0. The maximum atomic E-state index is 13.1. The van der Waals surface area contributed by atoms with Gasteiger partial charge in [-0.25, -0.2) is 8.42 Å². The number of rotatable bonds is 5. The number of likely N-dealkylation sites (N-methyl/N-ethyl adjacent to an activating group) is 1. The van der Waals surface area contributed by atoms with Crippen molar-refractivity contribution in [3.05, 3.63) is 53.5 Å². The van der Waals surface area contributed by atoms with Gasteiger partial charge >= 0.3 is 11.8 Å². The van der Waals surface area contributed by atoms with E-state index in [-0.39, 0.29) is 17.2 Å². The Bertz CT molecular complexity index is 872. The van der Waals surface area contributed by atoms with Gasteiger partial charge in [0.25, 0.3) is 0 Å². The van der Waals surface area contributed by atoms with E-state index in [1.807, 2.05) is 6.07 Å². The van der Waals surface area contributed by atoms with E-state index in [0.29, 0.717) is 5.56 Å². The smallest absolute Gasteiger partial charge is 0.309 e. The van der Waals surface area contributed by atoms with Crippen LogP contribution in [0.1, 0.15) is 22.1 Å². The monoisotopic (exact) mass is 364 g/mol. The van der Waals surface area contributed by atoms with Gasteiger partial charge < -0.3 is 15.1 Å². The van der Waals surface area contributed by atoms with Gasteiger partial charge in [-0.2, -0.15) is 0 Å². The zero-order chi connectivity index (χ0) is 18.6. The van der Waals surface area contributed by atoms with Gasteiger partial charge in [0.1, 0.15) is 11.0 Å². The number of carbonyl (C=O) groups excluding carboxylic acids is 2. The molecule has 0 bridgehead atoms. The number of amides is 2. The molecule has 0 saturated carbocycles. The number of furan rings is 1. The van der Waals surface area contributed by atoms with Crippen molar-refractivity contribution < 1.29 is 22.4 Å². The predicted molar refractivity (Wildman–Crippen MR) is 91.6 cm³/mol. The second-order valence-corrected chi connectivity index (χ2v) is 7.71. The van der Waals surface area contributed by atoms with Crippen molar-refractivity contribution >= 4 is 21.7 Å². The summed E-state index contributed by atoms with van der Waals surface area (Å²) in [4.78, 5) is 23.2. The van der Waals surface area contributed by atoms with Crippen molar-refractivity contribution in [2.75, 3.05) is 13.6 Å². The SMILES string of the molecule is CNC(=O)C(=O)NC[C@@H](c1ccco1)S(=O)(=O)c1cc(C)ccc1C. The second kappa shape index (κ2) is 7.52. The summed E-state index contributed by atoms with van der Waals surface area (Å²) in [5.74, 6) is -1.56. The van der Waals surface area contributed by atoms with Crippen molar-refractivity contribution in [1.82, 2.24) is 10.6 Å². The van der Waals surface area contributed by atoms with Crippen LogP contribution in [0.3, 0.4) is 0 Å². The second-order valence-electron chi connectivity index (χ2n) is 5.61. The largest absolute Gasteiger partial charge is 0.468 e. The highest BCUT2D eigenvalue weighted by atomic mass is 32.2. The van der Waals surface area contributed by atoms with Crippen LogP contribution in [0, 0.1) is 13.8 Å². The Kier molecular flexibility index (Phi) is 5.63. The number of nitrogens with one attached hydrogen (secondary N) is 2. The Hall–Kier alpha value is -2.61. The van der Waals surface area contributed by atoms with Gasteiger partial charge in [0.05, 0.1) is 11.2 Å². The molecule has 25 heavy (non-hydrogen) atoms. The molecule has 0 radical (unpaired) electrons. The Balaban J connectivity index is 2.40. The van der Waals surface area contributed by atoms with Crippen LogP contribution in [0.4, 0.5) is 0 Å². The first-order chi connectivity index (χ1) is 11.8. The molecule has 2 rings (SSSR count). The molecule has 1 aromatic carbocycles. The third-order valence-electron chi connectivity index (χ3n) is 3.77. The summed E-state index contributed by atoms with van der Waals surface area (Å²) in [5.41, 5.74) is 1.40. The van der Waals surface area contributed by atoms with E-state index < -0.39 is 26.9 Å². The van der Waals surface area contributed by atoms with Gasteiger partial charge in [0.15, 0.2) is 9.84 Å². The summed E-state index contributed by atoms with van der Waals surface area (Å²) in [6, 6.07) is 8.23. The normalized spacial score (nSPS) is 12.4. The van der Waals surface area contributed by atoms with Crippen LogP contribution in [0.15, 0.2) is 45.9 Å². The van der Waals surface area contributed by atoms with Crippen LogP contribution < -0.4 is 10.6 Å². The molecule has 0 unspecified atom stereocenters. The summed E-state index contributed by atoms with van der Waals surface area (Å²) in [7, 11) is -2.53. The third kappa shape index (κ3) is 4.08. The molecule has 1 aromatic heterocycles. The van der Waals surface area contributed by atoms with E-state index in [1.165, 1.54) is 19.4 Å². The molecule has 7 nitrogen and oxygen atoms in total. The molecule has 2 N–H and O–H groups in total. The zero-order valence-corrected chi connectivity index (χ0v) is 15.0. The van der Waals surface area contributed by atoms with Gasteiger partial charge in [-0.05, 0) is 43.2 Å². The maximum absolute atomic E-state index is 13.1. The van der Waals surface area contributed by atoms with Crippen LogP contribution in [0.2, 0.25) is 0 Å². The van der Waals surface area contributed by atoms with Gasteiger partial charge in [-0.15, -0.1) is 0 Å². The Morgan fingerprint density at radius 1 is 1.16 bits per heavy atom. The van der Waals surface area contributed by atoms with Crippen molar-refractivity contribution in [3.63, 3.8) is 0 Å². The quantitative estimate of drug-likeness (QED) is 0.778. The van der Waals surface area contributed by atoms with Crippen molar-refractivity contribution in [3.8, 4) is 0 Å². The highest BCUT2D eigenvalue weighted by Gasteiger charge is 2.33. The molecule has 134 valence electrons.